The molecule has 0 spiro atoms. The molecule has 6 rings (SSSR count). The van der Waals surface area contributed by atoms with Crippen LogP contribution < -0.4 is 5.32 Å². The first-order valence-electron chi connectivity index (χ1n) is 19.7. The van der Waals surface area contributed by atoms with Gasteiger partial charge in [-0.1, -0.05) is 13.8 Å². The number of hydrogen-bond donors (Lipinski definition) is 3. The van der Waals surface area contributed by atoms with Gasteiger partial charge in [0, 0.05) is 53.4 Å². The smallest absolute Gasteiger partial charge is 0.407 e. The van der Waals surface area contributed by atoms with Gasteiger partial charge in [-0.15, -0.1) is 0 Å². The van der Waals surface area contributed by atoms with E-state index in [1.807, 2.05) is 45.9 Å². The van der Waals surface area contributed by atoms with Gasteiger partial charge in [-0.25, -0.2) is 29.1 Å². The van der Waals surface area contributed by atoms with Crippen LogP contribution in [-0.2, 0) is 33.3 Å². The lowest BCUT2D eigenvalue weighted by atomic mass is 9.85. The largest absolute Gasteiger partial charge is 0.469 e. The summed E-state index contributed by atoms with van der Waals surface area (Å²) in [4.78, 5) is 80.9. The van der Waals surface area contributed by atoms with Gasteiger partial charge in [0.15, 0.2) is 0 Å². The van der Waals surface area contributed by atoms with Crippen LogP contribution in [0.2, 0.25) is 0 Å². The van der Waals surface area contributed by atoms with Crippen molar-refractivity contribution < 1.29 is 47.7 Å². The van der Waals surface area contributed by atoms with Crippen LogP contribution in [0.15, 0.2) is 30.4 Å². The fourth-order valence-electron chi connectivity index (χ4n) is 7.60. The van der Waals surface area contributed by atoms with Crippen molar-refractivity contribution in [3.63, 3.8) is 0 Å². The molecule has 4 aliphatic rings. The molecule has 312 valence electrons. The maximum Gasteiger partial charge on any atom is 0.407 e. The van der Waals surface area contributed by atoms with Gasteiger partial charge in [-0.2, -0.15) is 0 Å². The van der Waals surface area contributed by atoms with Crippen LogP contribution >= 0.6 is 0 Å². The molecule has 0 aliphatic carbocycles. The Morgan fingerprint density at radius 1 is 0.915 bits per heavy atom. The third-order valence-electron chi connectivity index (χ3n) is 10.7. The molecule has 0 saturated carbocycles. The maximum atomic E-state index is 13.7. The minimum absolute atomic E-state index is 0.00327. The third-order valence-corrected chi connectivity index (χ3v) is 10.7. The van der Waals surface area contributed by atoms with Crippen molar-refractivity contribution in [2.24, 2.45) is 0 Å². The number of rotatable bonds is 12. The van der Waals surface area contributed by atoms with Gasteiger partial charge in [0.2, 0.25) is 0 Å². The van der Waals surface area contributed by atoms with Gasteiger partial charge >= 0.3 is 30.0 Å². The highest BCUT2D eigenvalue weighted by Crippen LogP contribution is 2.44. The first-order chi connectivity index (χ1) is 28.0. The van der Waals surface area contributed by atoms with Crippen LogP contribution in [0.5, 0.6) is 0 Å². The molecule has 59 heavy (non-hydrogen) atoms. The monoisotopic (exact) mass is 809 g/mol. The first kappa shape index (κ1) is 42.5. The van der Waals surface area contributed by atoms with E-state index in [0.29, 0.717) is 63.5 Å². The fourth-order valence-corrected chi connectivity index (χ4v) is 7.60. The molecule has 0 radical (unpaired) electrons. The van der Waals surface area contributed by atoms with Gasteiger partial charge in [-0.3, -0.25) is 4.79 Å². The van der Waals surface area contributed by atoms with Crippen molar-refractivity contribution in [2.75, 3.05) is 33.5 Å². The number of nitrogens with zero attached hydrogens (tertiary/aromatic N) is 2. The number of hydrogen-bond acceptors (Lipinski definition) is 12. The quantitative estimate of drug-likeness (QED) is 0.0631. The second kappa shape index (κ2) is 17.4. The summed E-state index contributed by atoms with van der Waals surface area (Å²) in [6, 6.07) is 5.68. The van der Waals surface area contributed by atoms with Crippen LogP contribution in [0.1, 0.15) is 140 Å². The van der Waals surface area contributed by atoms with Crippen molar-refractivity contribution in [2.45, 2.75) is 92.1 Å². The summed E-state index contributed by atoms with van der Waals surface area (Å²) in [5.74, 6) is -3.09. The van der Waals surface area contributed by atoms with E-state index in [4.69, 9.17) is 33.7 Å². The Hall–Kier alpha value is -6.09. The molecule has 4 aliphatic heterocycles. The molecule has 6 heterocycles. The number of aromatic nitrogens is 4. The van der Waals surface area contributed by atoms with E-state index in [9.17, 15) is 24.0 Å². The Morgan fingerprint density at radius 3 is 2.34 bits per heavy atom. The SMILES string of the molecule is CCC1=C(C)c2cc3nc(cc4[nH]c(c5c6[nH]c(cc1n2)c(C)c6C(=O)OC5=O)[C@@H](CCC(=O)OC)[C@@H]4C)C(C)=C3/C=C/C(=O)OCCOCCNC(=O)OC(C)(C)C. The number of H-pyrrole nitrogens is 2. The number of amides is 1. The van der Waals surface area contributed by atoms with Crippen molar-refractivity contribution >= 4 is 63.3 Å². The number of allylic oxidation sites excluding steroid dienone is 5. The molecule has 15 heteroatoms. The van der Waals surface area contributed by atoms with Gasteiger partial charge in [-0.05, 0) is 101 Å². The Kier molecular flexibility index (Phi) is 12.5. The summed E-state index contributed by atoms with van der Waals surface area (Å²) in [6.07, 6.45) is 3.59. The summed E-state index contributed by atoms with van der Waals surface area (Å²) in [5.41, 5.74) is 8.66. The molecule has 0 unspecified atom stereocenters. The molecular weight excluding hydrogens is 759 g/mol. The van der Waals surface area contributed by atoms with E-state index in [1.54, 1.807) is 33.8 Å². The standard InChI is InChI=1S/C44H51N5O10/c1-10-26-22(2)30-20-34-27(11-14-36(51)57-18-17-56-16-15-45-43(54)59-44(6,7)8)23(3)29(47-34)19-31-24(4)28(12-13-35(50)55-9)39(48-31)38-40-37(41(52)58-42(38)53)25(5)32(49-40)21-33(26)46-30/h11,14,19-21,24,28,48-49H,10,12-13,15-18H2,1-9H3,(H,45,54)/b14-11+,31-19?,33-21?,34-20?,39-38?/t24-,28-/m0/s1. The Labute approximate surface area is 342 Å². The van der Waals surface area contributed by atoms with Crippen molar-refractivity contribution in [1.29, 1.82) is 0 Å². The van der Waals surface area contributed by atoms with Crippen LogP contribution in [0.4, 0.5) is 4.79 Å². The molecule has 2 atom stereocenters. The highest BCUT2D eigenvalue weighted by Gasteiger charge is 2.38. The normalized spacial score (nSPS) is 17.0. The lowest BCUT2D eigenvalue weighted by Crippen LogP contribution is -2.34. The number of cyclic esters (lactones) is 2. The van der Waals surface area contributed by atoms with E-state index in [1.165, 1.54) is 13.2 Å². The summed E-state index contributed by atoms with van der Waals surface area (Å²) in [7, 11) is 1.33. The van der Waals surface area contributed by atoms with Crippen LogP contribution in [-0.4, -0.2) is 89.0 Å². The molecule has 1 amide bonds. The maximum absolute atomic E-state index is 13.7. The number of fused-ring (bicyclic) bond motifs is 8. The minimum atomic E-state index is -0.796. The minimum Gasteiger partial charge on any atom is -0.469 e. The topological polar surface area (TPSA) is 201 Å². The summed E-state index contributed by atoms with van der Waals surface area (Å²) in [6.45, 7) is 15.7. The number of esters is 4. The highest BCUT2D eigenvalue weighted by atomic mass is 16.6. The average Bonchev–Trinajstić information content (AvgIpc) is 3.85. The van der Waals surface area contributed by atoms with E-state index < -0.39 is 29.6 Å². The number of alkyl carbamates (subject to hydrolysis) is 1. The number of carbonyl (C=O) groups is 5. The lowest BCUT2D eigenvalue weighted by molar-refractivity contribution is -0.141. The molecule has 0 saturated heterocycles. The number of ether oxygens (including phenoxy) is 5. The van der Waals surface area contributed by atoms with Crippen LogP contribution in [0.25, 0.3) is 33.3 Å². The lowest BCUT2D eigenvalue weighted by Gasteiger charge is -2.19. The second-order valence-electron chi connectivity index (χ2n) is 15.7. The zero-order valence-corrected chi connectivity index (χ0v) is 35.0. The van der Waals surface area contributed by atoms with E-state index >= 15 is 0 Å². The molecule has 3 N–H and O–H groups in total. The van der Waals surface area contributed by atoms with Crippen LogP contribution in [0, 0.1) is 6.92 Å². The van der Waals surface area contributed by atoms with E-state index in [-0.39, 0.29) is 61.7 Å². The average molecular weight is 810 g/mol. The van der Waals surface area contributed by atoms with Crippen molar-refractivity contribution in [3.05, 3.63) is 81.2 Å². The second-order valence-corrected chi connectivity index (χ2v) is 15.7. The van der Waals surface area contributed by atoms with E-state index in [0.717, 1.165) is 22.4 Å². The molecule has 0 aromatic carbocycles. The Balaban J connectivity index is 1.39. The van der Waals surface area contributed by atoms with Crippen molar-refractivity contribution in [1.82, 2.24) is 25.3 Å². The van der Waals surface area contributed by atoms with Gasteiger partial charge in [0.05, 0.1) is 54.2 Å². The molecule has 2 aromatic rings. The number of aromatic amines is 2. The number of aryl methyl sites for hydroxylation is 1. The summed E-state index contributed by atoms with van der Waals surface area (Å²) >= 11 is 0. The van der Waals surface area contributed by atoms with Crippen LogP contribution in [0.3, 0.4) is 0 Å². The van der Waals surface area contributed by atoms with Gasteiger partial charge in [0.25, 0.3) is 0 Å². The molecule has 8 bridgehead atoms. The number of nitrogens with one attached hydrogen (secondary N) is 3. The third kappa shape index (κ3) is 9.15. The van der Waals surface area contributed by atoms with E-state index in [2.05, 4.69) is 15.3 Å². The number of carbonyl (C=O) groups excluding carboxylic acids is 5. The Bertz CT molecular complexity index is 2390. The molecule has 15 nitrogen and oxygen atoms in total. The van der Waals surface area contributed by atoms with Gasteiger partial charge < -0.3 is 39.0 Å². The predicted molar refractivity (Wildman–Crippen MR) is 220 cm³/mol. The summed E-state index contributed by atoms with van der Waals surface area (Å²) in [5, 5.41) is 2.61. The predicted octanol–water partition coefficient (Wildman–Crippen LogP) is 7.41. The molecule has 2 aromatic heterocycles. The molecular formula is C44H51N5O10. The van der Waals surface area contributed by atoms with Crippen molar-refractivity contribution in [3.8, 4) is 0 Å². The Morgan fingerprint density at radius 2 is 1.63 bits per heavy atom. The van der Waals surface area contributed by atoms with Gasteiger partial charge in [0.1, 0.15) is 17.8 Å². The molecule has 0 fully saturated rings. The summed E-state index contributed by atoms with van der Waals surface area (Å²) < 4.78 is 26.4. The highest BCUT2D eigenvalue weighted by molar-refractivity contribution is 6.18. The zero-order valence-electron chi connectivity index (χ0n) is 35.0. The fraction of sp³-hybridized carbons (Fsp3) is 0.432. The zero-order chi connectivity index (χ0) is 42.8. The number of methoxy groups -OCH3 is 1. The first-order valence-corrected chi connectivity index (χ1v) is 19.7.